The minimum absolute atomic E-state index is 0.199. The van der Waals surface area contributed by atoms with E-state index in [0.29, 0.717) is 11.3 Å². The second kappa shape index (κ2) is 6.85. The molecule has 0 spiro atoms. The molecule has 2 heterocycles. The van der Waals surface area contributed by atoms with Crippen molar-refractivity contribution in [2.24, 2.45) is 0 Å². The summed E-state index contributed by atoms with van der Waals surface area (Å²) in [6.45, 7) is 0. The fourth-order valence-corrected chi connectivity index (χ4v) is 2.44. The van der Waals surface area contributed by atoms with E-state index in [-0.39, 0.29) is 17.3 Å². The van der Waals surface area contributed by atoms with Crippen LogP contribution < -0.4 is 10.1 Å². The Morgan fingerprint density at radius 1 is 1.16 bits per heavy atom. The summed E-state index contributed by atoms with van der Waals surface area (Å²) in [5.41, 5.74) is 2.51. The van der Waals surface area contributed by atoms with Crippen LogP contribution in [0.15, 0.2) is 47.3 Å². The Labute approximate surface area is 143 Å². The number of aromatic nitrogens is 3. The average molecular weight is 366 g/mol. The second-order valence-electron chi connectivity index (χ2n) is 4.71. The van der Waals surface area contributed by atoms with Gasteiger partial charge in [0.1, 0.15) is 11.4 Å². The molecule has 1 amide bonds. The predicted molar refractivity (Wildman–Crippen MR) is 84.2 cm³/mol. The molecule has 0 aliphatic carbocycles. The highest BCUT2D eigenvalue weighted by Gasteiger charge is 2.31. The third-order valence-electron chi connectivity index (χ3n) is 2.93. The topological polar surface area (TPSA) is 77.0 Å². The largest absolute Gasteiger partial charge is 0.573 e. The van der Waals surface area contributed by atoms with Crippen LogP contribution in [0.4, 0.5) is 19.0 Å². The molecule has 0 fully saturated rings. The van der Waals surface area contributed by atoms with Crippen LogP contribution in [0.1, 0.15) is 10.5 Å². The number of carbonyl (C=O) groups is 1. The summed E-state index contributed by atoms with van der Waals surface area (Å²) in [4.78, 5) is 15.7. The quantitative estimate of drug-likeness (QED) is 0.761. The lowest BCUT2D eigenvalue weighted by molar-refractivity contribution is -0.274. The van der Waals surface area contributed by atoms with Gasteiger partial charge < -0.3 is 10.1 Å². The van der Waals surface area contributed by atoms with Crippen molar-refractivity contribution in [1.82, 2.24) is 15.2 Å². The molecule has 0 saturated heterocycles. The van der Waals surface area contributed by atoms with Crippen LogP contribution in [-0.4, -0.2) is 27.5 Å². The number of alkyl halides is 3. The molecule has 128 valence electrons. The fraction of sp³-hybridized carbons (Fsp3) is 0.0667. The van der Waals surface area contributed by atoms with Gasteiger partial charge in [-0.15, -0.1) is 34.7 Å². The Kier molecular flexibility index (Phi) is 4.61. The highest BCUT2D eigenvalue weighted by molar-refractivity contribution is 7.07. The maximum Gasteiger partial charge on any atom is 0.573 e. The number of hydrogen-bond acceptors (Lipinski definition) is 6. The molecule has 25 heavy (non-hydrogen) atoms. The molecule has 10 heteroatoms. The molecular weight excluding hydrogens is 357 g/mol. The molecule has 0 bridgehead atoms. The van der Waals surface area contributed by atoms with E-state index in [0.717, 1.165) is 0 Å². The third-order valence-corrected chi connectivity index (χ3v) is 3.52. The molecule has 6 nitrogen and oxygen atoms in total. The third kappa shape index (κ3) is 4.51. The SMILES string of the molecule is O=C(Nc1ccc(-c2cccc(OC(F)(F)F)c2)nn1)c1cscn1. The normalized spacial score (nSPS) is 11.2. The zero-order valence-corrected chi connectivity index (χ0v) is 13.1. The molecule has 1 N–H and O–H groups in total. The van der Waals surface area contributed by atoms with Crippen molar-refractivity contribution in [2.45, 2.75) is 6.36 Å². The Morgan fingerprint density at radius 3 is 2.64 bits per heavy atom. The highest BCUT2D eigenvalue weighted by atomic mass is 32.1. The second-order valence-corrected chi connectivity index (χ2v) is 5.43. The zero-order chi connectivity index (χ0) is 17.9. The zero-order valence-electron chi connectivity index (χ0n) is 12.3. The van der Waals surface area contributed by atoms with Crippen LogP contribution >= 0.6 is 11.3 Å². The lowest BCUT2D eigenvalue weighted by Gasteiger charge is -2.09. The van der Waals surface area contributed by atoms with Gasteiger partial charge in [0.15, 0.2) is 5.82 Å². The summed E-state index contributed by atoms with van der Waals surface area (Å²) in [7, 11) is 0. The van der Waals surface area contributed by atoms with Crippen LogP contribution in [0.25, 0.3) is 11.3 Å². The molecule has 0 saturated carbocycles. The Balaban J connectivity index is 1.74. The standard InChI is InChI=1S/C15H9F3N4O2S/c16-15(17,18)24-10-3-1-2-9(6-10)11-4-5-13(22-21-11)20-14(23)12-7-25-8-19-12/h1-8H,(H,20,22,23). The van der Waals surface area contributed by atoms with Gasteiger partial charge >= 0.3 is 6.36 Å². The van der Waals surface area contributed by atoms with Gasteiger partial charge in [0.05, 0.1) is 11.2 Å². The monoisotopic (exact) mass is 366 g/mol. The first-order valence-electron chi connectivity index (χ1n) is 6.80. The van der Waals surface area contributed by atoms with Gasteiger partial charge in [-0.05, 0) is 24.3 Å². The van der Waals surface area contributed by atoms with E-state index in [2.05, 4.69) is 25.2 Å². The summed E-state index contributed by atoms with van der Waals surface area (Å²) >= 11 is 1.28. The first kappa shape index (κ1) is 16.8. The predicted octanol–water partition coefficient (Wildman–Crippen LogP) is 3.75. The minimum Gasteiger partial charge on any atom is -0.406 e. The molecule has 3 aromatic rings. The molecule has 1 aromatic carbocycles. The average Bonchev–Trinajstić information content (AvgIpc) is 3.09. The van der Waals surface area contributed by atoms with Gasteiger partial charge in [0, 0.05) is 10.9 Å². The Morgan fingerprint density at radius 2 is 2.00 bits per heavy atom. The van der Waals surface area contributed by atoms with Crippen LogP contribution in [0.5, 0.6) is 5.75 Å². The summed E-state index contributed by atoms with van der Waals surface area (Å²) in [6, 6.07) is 8.38. The van der Waals surface area contributed by atoms with Crippen molar-refractivity contribution in [3.05, 3.63) is 53.0 Å². The van der Waals surface area contributed by atoms with Crippen molar-refractivity contribution < 1.29 is 22.7 Å². The number of amides is 1. The van der Waals surface area contributed by atoms with Crippen molar-refractivity contribution in [3.8, 4) is 17.0 Å². The molecule has 2 aromatic heterocycles. The number of anilines is 1. The summed E-state index contributed by atoms with van der Waals surface area (Å²) in [5.74, 6) is -0.582. The molecule has 0 aliphatic heterocycles. The van der Waals surface area contributed by atoms with Gasteiger partial charge in [-0.1, -0.05) is 12.1 Å². The highest BCUT2D eigenvalue weighted by Crippen LogP contribution is 2.27. The molecule has 3 rings (SSSR count). The van der Waals surface area contributed by atoms with E-state index in [1.165, 1.54) is 47.2 Å². The number of ether oxygens (including phenoxy) is 1. The first-order chi connectivity index (χ1) is 11.9. The molecule has 0 radical (unpaired) electrons. The number of halogens is 3. The van der Waals surface area contributed by atoms with E-state index in [9.17, 15) is 18.0 Å². The van der Waals surface area contributed by atoms with Crippen LogP contribution in [0.2, 0.25) is 0 Å². The number of hydrogen-bond donors (Lipinski definition) is 1. The number of nitrogens with zero attached hydrogens (tertiary/aromatic N) is 3. The summed E-state index contributed by atoms with van der Waals surface area (Å²) in [6.07, 6.45) is -4.77. The Bertz CT molecular complexity index is 867. The van der Waals surface area contributed by atoms with Crippen molar-refractivity contribution in [3.63, 3.8) is 0 Å². The summed E-state index contributed by atoms with van der Waals surface area (Å²) in [5, 5.41) is 11.9. The number of carbonyl (C=O) groups excluding carboxylic acids is 1. The van der Waals surface area contributed by atoms with Crippen LogP contribution in [0, 0.1) is 0 Å². The van der Waals surface area contributed by atoms with E-state index >= 15 is 0 Å². The van der Waals surface area contributed by atoms with Gasteiger partial charge in [-0.25, -0.2) is 4.98 Å². The minimum atomic E-state index is -4.77. The Hall–Kier alpha value is -3.01. The molecular formula is C15H9F3N4O2S. The van der Waals surface area contributed by atoms with E-state index in [1.54, 1.807) is 11.4 Å². The molecule has 0 aliphatic rings. The van der Waals surface area contributed by atoms with Crippen molar-refractivity contribution in [1.29, 1.82) is 0 Å². The number of benzene rings is 1. The molecule has 0 unspecified atom stereocenters. The van der Waals surface area contributed by atoms with Crippen LogP contribution in [-0.2, 0) is 0 Å². The van der Waals surface area contributed by atoms with Gasteiger partial charge in [0.25, 0.3) is 5.91 Å². The van der Waals surface area contributed by atoms with E-state index < -0.39 is 12.3 Å². The maximum absolute atomic E-state index is 12.3. The number of rotatable bonds is 4. The smallest absolute Gasteiger partial charge is 0.406 e. The van der Waals surface area contributed by atoms with Gasteiger partial charge in [0.2, 0.25) is 0 Å². The van der Waals surface area contributed by atoms with E-state index in [4.69, 9.17) is 0 Å². The molecule has 0 atom stereocenters. The lowest BCUT2D eigenvalue weighted by atomic mass is 10.1. The van der Waals surface area contributed by atoms with Gasteiger partial charge in [-0.3, -0.25) is 4.79 Å². The lowest BCUT2D eigenvalue weighted by Crippen LogP contribution is -2.17. The van der Waals surface area contributed by atoms with Crippen LogP contribution in [0.3, 0.4) is 0 Å². The summed E-state index contributed by atoms with van der Waals surface area (Å²) < 4.78 is 40.7. The number of nitrogens with one attached hydrogen (secondary N) is 1. The van der Waals surface area contributed by atoms with E-state index in [1.807, 2.05) is 0 Å². The van der Waals surface area contributed by atoms with Crippen molar-refractivity contribution in [2.75, 3.05) is 5.32 Å². The van der Waals surface area contributed by atoms with Crippen molar-refractivity contribution >= 4 is 23.1 Å². The maximum atomic E-state index is 12.3. The van der Waals surface area contributed by atoms with Gasteiger partial charge in [-0.2, -0.15) is 0 Å². The number of thiazole rings is 1. The first-order valence-corrected chi connectivity index (χ1v) is 7.74. The fourth-order valence-electron chi connectivity index (χ4n) is 1.91.